The van der Waals surface area contributed by atoms with Gasteiger partial charge in [-0.05, 0) is 67.9 Å². The third-order valence-electron chi connectivity index (χ3n) is 6.22. The first-order valence-corrected chi connectivity index (χ1v) is 10.8. The van der Waals surface area contributed by atoms with Crippen LogP contribution in [0.15, 0.2) is 36.5 Å². The topological polar surface area (TPSA) is 61.4 Å². The minimum absolute atomic E-state index is 0.196. The van der Waals surface area contributed by atoms with Crippen LogP contribution in [-0.2, 0) is 0 Å². The van der Waals surface area contributed by atoms with Gasteiger partial charge in [0.2, 0.25) is 5.95 Å². The molecule has 154 valence electrons. The number of nitrogens with zero attached hydrogens (tertiary/aromatic N) is 4. The highest BCUT2D eigenvalue weighted by Crippen LogP contribution is 2.24. The Morgan fingerprint density at radius 1 is 0.897 bits per heavy atom. The van der Waals surface area contributed by atoms with E-state index in [1.807, 2.05) is 12.1 Å². The number of carbonyl (C=O) groups is 1. The quantitative estimate of drug-likeness (QED) is 0.843. The van der Waals surface area contributed by atoms with Gasteiger partial charge in [0.25, 0.3) is 5.91 Å². The van der Waals surface area contributed by atoms with Gasteiger partial charge in [0, 0.05) is 43.8 Å². The van der Waals surface area contributed by atoms with E-state index in [1.54, 1.807) is 12.3 Å². The number of anilines is 3. The zero-order valence-electron chi connectivity index (χ0n) is 17.5. The summed E-state index contributed by atoms with van der Waals surface area (Å²) in [5.41, 5.74) is 2.41. The lowest BCUT2D eigenvalue weighted by Gasteiger charge is -2.32. The molecule has 1 amide bonds. The maximum atomic E-state index is 12.7. The highest BCUT2D eigenvalue weighted by atomic mass is 16.1. The van der Waals surface area contributed by atoms with Crippen molar-refractivity contribution in [2.24, 2.45) is 11.8 Å². The van der Waals surface area contributed by atoms with Gasteiger partial charge in [-0.3, -0.25) is 4.79 Å². The molecule has 0 saturated carbocycles. The molecule has 29 heavy (non-hydrogen) atoms. The standard InChI is InChI=1S/C23H31N5O/c1-17-8-13-27(14-9-17)20-5-3-19(4-6-20)25-22(29)21-7-12-24-23(26-21)28-15-10-18(2)11-16-28/h3-7,12,17-18H,8-11,13-16H2,1-2H3,(H,25,29). The second-order valence-electron chi connectivity index (χ2n) is 8.58. The molecule has 2 aliphatic heterocycles. The molecule has 0 radical (unpaired) electrons. The highest BCUT2D eigenvalue weighted by molar-refractivity contribution is 6.03. The fourth-order valence-corrected chi connectivity index (χ4v) is 4.05. The lowest BCUT2D eigenvalue weighted by Crippen LogP contribution is -2.34. The van der Waals surface area contributed by atoms with Crippen LogP contribution in [0.1, 0.15) is 50.0 Å². The minimum atomic E-state index is -0.196. The van der Waals surface area contributed by atoms with Crippen LogP contribution in [0, 0.1) is 11.8 Å². The van der Waals surface area contributed by atoms with Crippen molar-refractivity contribution in [2.45, 2.75) is 39.5 Å². The predicted octanol–water partition coefficient (Wildman–Crippen LogP) is 4.20. The number of carbonyl (C=O) groups excluding carboxylic acids is 1. The fraction of sp³-hybridized carbons (Fsp3) is 0.522. The molecule has 1 aromatic heterocycles. The van der Waals surface area contributed by atoms with Crippen molar-refractivity contribution in [2.75, 3.05) is 41.3 Å². The van der Waals surface area contributed by atoms with Crippen LogP contribution in [-0.4, -0.2) is 42.1 Å². The van der Waals surface area contributed by atoms with E-state index in [0.29, 0.717) is 11.6 Å². The zero-order chi connectivity index (χ0) is 20.2. The van der Waals surface area contributed by atoms with Crippen molar-refractivity contribution < 1.29 is 4.79 Å². The SMILES string of the molecule is CC1CCN(c2ccc(NC(=O)c3ccnc(N4CCC(C)CC4)n3)cc2)CC1. The molecular formula is C23H31N5O. The van der Waals surface area contributed by atoms with Gasteiger partial charge in [0.05, 0.1) is 0 Å². The summed E-state index contributed by atoms with van der Waals surface area (Å²) in [6.07, 6.45) is 6.44. The molecule has 2 aliphatic rings. The van der Waals surface area contributed by atoms with E-state index in [2.05, 4.69) is 51.1 Å². The summed E-state index contributed by atoms with van der Waals surface area (Å²) in [5, 5.41) is 2.97. The molecule has 0 spiro atoms. The Hall–Kier alpha value is -2.63. The number of hydrogen-bond acceptors (Lipinski definition) is 5. The Bertz CT molecular complexity index is 821. The number of piperidine rings is 2. The summed E-state index contributed by atoms with van der Waals surface area (Å²) in [6.45, 7) is 8.70. The van der Waals surface area contributed by atoms with E-state index >= 15 is 0 Å². The third kappa shape index (κ3) is 4.86. The molecule has 6 heteroatoms. The van der Waals surface area contributed by atoms with Crippen LogP contribution in [0.2, 0.25) is 0 Å². The van der Waals surface area contributed by atoms with E-state index in [9.17, 15) is 4.79 Å². The van der Waals surface area contributed by atoms with Gasteiger partial charge in [0.15, 0.2) is 0 Å². The first-order chi connectivity index (χ1) is 14.1. The summed E-state index contributed by atoms with van der Waals surface area (Å²) in [4.78, 5) is 26.2. The molecule has 2 fully saturated rings. The fourth-order valence-electron chi connectivity index (χ4n) is 4.05. The number of nitrogens with one attached hydrogen (secondary N) is 1. The number of hydrogen-bond donors (Lipinski definition) is 1. The lowest BCUT2D eigenvalue weighted by atomic mass is 9.99. The Morgan fingerprint density at radius 2 is 1.48 bits per heavy atom. The highest BCUT2D eigenvalue weighted by Gasteiger charge is 2.20. The van der Waals surface area contributed by atoms with Crippen LogP contribution in [0.3, 0.4) is 0 Å². The molecule has 0 atom stereocenters. The average molecular weight is 394 g/mol. The van der Waals surface area contributed by atoms with Gasteiger partial charge < -0.3 is 15.1 Å². The number of rotatable bonds is 4. The molecule has 2 saturated heterocycles. The third-order valence-corrected chi connectivity index (χ3v) is 6.22. The second-order valence-corrected chi connectivity index (χ2v) is 8.58. The van der Waals surface area contributed by atoms with Crippen LogP contribution in [0.4, 0.5) is 17.3 Å². The maximum Gasteiger partial charge on any atom is 0.274 e. The molecule has 0 bridgehead atoms. The Kier molecular flexibility index (Phi) is 5.97. The molecule has 0 aliphatic carbocycles. The summed E-state index contributed by atoms with van der Waals surface area (Å²) in [6, 6.07) is 9.80. The van der Waals surface area contributed by atoms with Gasteiger partial charge in [-0.2, -0.15) is 0 Å². The van der Waals surface area contributed by atoms with E-state index in [1.165, 1.54) is 18.5 Å². The van der Waals surface area contributed by atoms with E-state index in [4.69, 9.17) is 0 Å². The van der Waals surface area contributed by atoms with Gasteiger partial charge in [-0.1, -0.05) is 13.8 Å². The number of aromatic nitrogens is 2. The number of benzene rings is 1. The molecule has 2 aromatic rings. The van der Waals surface area contributed by atoms with Crippen molar-refractivity contribution in [3.8, 4) is 0 Å². The molecular weight excluding hydrogens is 362 g/mol. The Balaban J connectivity index is 1.38. The normalized spacial score (nSPS) is 18.7. The van der Waals surface area contributed by atoms with Crippen LogP contribution >= 0.6 is 0 Å². The summed E-state index contributed by atoms with van der Waals surface area (Å²) in [7, 11) is 0. The van der Waals surface area contributed by atoms with E-state index < -0.39 is 0 Å². The smallest absolute Gasteiger partial charge is 0.274 e. The summed E-state index contributed by atoms with van der Waals surface area (Å²) < 4.78 is 0. The van der Waals surface area contributed by atoms with Crippen molar-refractivity contribution in [3.63, 3.8) is 0 Å². The second kappa shape index (κ2) is 8.80. The predicted molar refractivity (Wildman–Crippen MR) is 118 cm³/mol. The van der Waals surface area contributed by atoms with Crippen LogP contribution in [0.25, 0.3) is 0 Å². The van der Waals surface area contributed by atoms with Gasteiger partial charge in [0.1, 0.15) is 5.69 Å². The van der Waals surface area contributed by atoms with Gasteiger partial charge in [-0.25, -0.2) is 9.97 Å². The van der Waals surface area contributed by atoms with Crippen molar-refractivity contribution in [1.29, 1.82) is 0 Å². The van der Waals surface area contributed by atoms with Crippen molar-refractivity contribution in [1.82, 2.24) is 9.97 Å². The van der Waals surface area contributed by atoms with Gasteiger partial charge in [-0.15, -0.1) is 0 Å². The minimum Gasteiger partial charge on any atom is -0.372 e. The lowest BCUT2D eigenvalue weighted by molar-refractivity contribution is 0.102. The summed E-state index contributed by atoms with van der Waals surface area (Å²) in [5.74, 6) is 2.02. The summed E-state index contributed by atoms with van der Waals surface area (Å²) >= 11 is 0. The van der Waals surface area contributed by atoms with Crippen LogP contribution < -0.4 is 15.1 Å². The average Bonchev–Trinajstić information content (AvgIpc) is 2.75. The number of amides is 1. The first kappa shape index (κ1) is 19.7. The maximum absolute atomic E-state index is 12.7. The Labute approximate surface area is 173 Å². The molecule has 3 heterocycles. The molecule has 1 aromatic carbocycles. The Morgan fingerprint density at radius 3 is 2.10 bits per heavy atom. The molecule has 4 rings (SSSR count). The molecule has 6 nitrogen and oxygen atoms in total. The van der Waals surface area contributed by atoms with Crippen molar-refractivity contribution in [3.05, 3.63) is 42.2 Å². The largest absolute Gasteiger partial charge is 0.372 e. The first-order valence-electron chi connectivity index (χ1n) is 10.8. The molecule has 0 unspecified atom stereocenters. The van der Waals surface area contributed by atoms with Crippen LogP contribution in [0.5, 0.6) is 0 Å². The van der Waals surface area contributed by atoms with E-state index in [0.717, 1.165) is 56.5 Å². The van der Waals surface area contributed by atoms with Gasteiger partial charge >= 0.3 is 0 Å². The van der Waals surface area contributed by atoms with Crippen molar-refractivity contribution >= 4 is 23.2 Å². The van der Waals surface area contributed by atoms with E-state index in [-0.39, 0.29) is 5.91 Å². The monoisotopic (exact) mass is 393 g/mol. The molecule has 1 N–H and O–H groups in total. The zero-order valence-corrected chi connectivity index (χ0v) is 17.5.